The summed E-state index contributed by atoms with van der Waals surface area (Å²) in [4.78, 5) is 32.4. The zero-order chi connectivity index (χ0) is 18.4. The molecule has 0 radical (unpaired) electrons. The van der Waals surface area contributed by atoms with Gasteiger partial charge in [-0.05, 0) is 17.7 Å². The Morgan fingerprint density at radius 2 is 1.92 bits per heavy atom. The van der Waals surface area contributed by atoms with Crippen molar-refractivity contribution < 1.29 is 4.79 Å². The first-order chi connectivity index (χ1) is 12.6. The van der Waals surface area contributed by atoms with Crippen molar-refractivity contribution in [1.82, 2.24) is 19.9 Å². The highest BCUT2D eigenvalue weighted by Crippen LogP contribution is 2.10. The van der Waals surface area contributed by atoms with Gasteiger partial charge in [0.15, 0.2) is 5.96 Å². The molecule has 0 bridgehead atoms. The molecule has 1 amide bonds. The lowest BCUT2D eigenvalue weighted by molar-refractivity contribution is -0.114. The van der Waals surface area contributed by atoms with E-state index in [4.69, 9.17) is 5.73 Å². The van der Waals surface area contributed by atoms with Gasteiger partial charge >= 0.3 is 0 Å². The molecule has 9 nitrogen and oxygen atoms in total. The Labute approximate surface area is 152 Å². The molecule has 3 N–H and O–H groups in total. The number of hydrogen-bond acceptors (Lipinski definition) is 6. The number of aromatic nitrogens is 3. The van der Waals surface area contributed by atoms with Crippen LogP contribution in [0, 0.1) is 0 Å². The van der Waals surface area contributed by atoms with Crippen molar-refractivity contribution in [3.8, 4) is 0 Å². The minimum absolute atomic E-state index is 0.146. The number of amides is 1. The topological polar surface area (TPSA) is 113 Å². The maximum atomic E-state index is 11.0. The maximum Gasteiger partial charge on any atom is 0.225 e. The molecule has 136 valence electrons. The van der Waals surface area contributed by atoms with Gasteiger partial charge in [-0.15, -0.1) is 0 Å². The van der Waals surface area contributed by atoms with Crippen LogP contribution in [0.4, 0.5) is 11.8 Å². The quantitative estimate of drug-likeness (QED) is 0.606. The van der Waals surface area contributed by atoms with Crippen molar-refractivity contribution in [2.24, 2.45) is 10.7 Å². The van der Waals surface area contributed by atoms with E-state index < -0.39 is 0 Å². The summed E-state index contributed by atoms with van der Waals surface area (Å²) in [5.74, 6) is 1.64. The predicted molar refractivity (Wildman–Crippen MR) is 99.7 cm³/mol. The molecule has 1 saturated heterocycles. The van der Waals surface area contributed by atoms with Crippen molar-refractivity contribution in [3.63, 3.8) is 0 Å². The van der Waals surface area contributed by atoms with Gasteiger partial charge in [0.1, 0.15) is 5.82 Å². The van der Waals surface area contributed by atoms with Gasteiger partial charge in [0.2, 0.25) is 11.9 Å². The molecular formula is C17H22N8O. The molecule has 9 heteroatoms. The van der Waals surface area contributed by atoms with Crippen LogP contribution in [-0.4, -0.2) is 57.9 Å². The molecule has 0 aliphatic carbocycles. The third-order valence-electron chi connectivity index (χ3n) is 3.99. The molecule has 3 heterocycles. The van der Waals surface area contributed by atoms with Crippen molar-refractivity contribution in [1.29, 1.82) is 0 Å². The molecule has 26 heavy (non-hydrogen) atoms. The molecule has 0 unspecified atom stereocenters. The van der Waals surface area contributed by atoms with Gasteiger partial charge in [0.05, 0.1) is 6.54 Å². The minimum Gasteiger partial charge on any atom is -0.370 e. The normalized spacial score (nSPS) is 15.0. The van der Waals surface area contributed by atoms with Crippen molar-refractivity contribution in [3.05, 3.63) is 42.4 Å². The molecule has 0 saturated carbocycles. The average Bonchev–Trinajstić information content (AvgIpc) is 2.67. The second kappa shape index (κ2) is 8.24. The second-order valence-electron chi connectivity index (χ2n) is 5.93. The lowest BCUT2D eigenvalue weighted by Crippen LogP contribution is -2.51. The average molecular weight is 354 g/mol. The number of nitrogens with zero attached hydrogens (tertiary/aromatic N) is 6. The molecule has 2 aromatic rings. The second-order valence-corrected chi connectivity index (χ2v) is 5.93. The van der Waals surface area contributed by atoms with Crippen LogP contribution in [0.25, 0.3) is 0 Å². The Morgan fingerprint density at radius 1 is 1.19 bits per heavy atom. The number of nitrogens with one attached hydrogen (secondary N) is 1. The molecule has 3 rings (SSSR count). The summed E-state index contributed by atoms with van der Waals surface area (Å²) in [6.07, 6.45) is 5.18. The van der Waals surface area contributed by atoms with Crippen LogP contribution in [0.1, 0.15) is 12.5 Å². The number of rotatable bonds is 4. The van der Waals surface area contributed by atoms with E-state index in [0.29, 0.717) is 18.3 Å². The summed E-state index contributed by atoms with van der Waals surface area (Å²) in [5.41, 5.74) is 7.05. The van der Waals surface area contributed by atoms with E-state index in [-0.39, 0.29) is 5.91 Å². The van der Waals surface area contributed by atoms with Gasteiger partial charge < -0.3 is 20.9 Å². The summed E-state index contributed by atoms with van der Waals surface area (Å²) < 4.78 is 0. The largest absolute Gasteiger partial charge is 0.370 e. The zero-order valence-electron chi connectivity index (χ0n) is 14.7. The van der Waals surface area contributed by atoms with Gasteiger partial charge in [-0.1, -0.05) is 6.07 Å². The fraction of sp³-hybridized carbons (Fsp3) is 0.353. The highest BCUT2D eigenvalue weighted by molar-refractivity contribution is 5.87. The molecule has 1 aliphatic heterocycles. The van der Waals surface area contributed by atoms with E-state index in [0.717, 1.165) is 37.7 Å². The number of pyridine rings is 1. The van der Waals surface area contributed by atoms with Crippen molar-refractivity contribution >= 4 is 23.6 Å². The third kappa shape index (κ3) is 4.65. The third-order valence-corrected chi connectivity index (χ3v) is 3.99. The smallest absolute Gasteiger partial charge is 0.225 e. The number of guanidine groups is 1. The first-order valence-electron chi connectivity index (χ1n) is 8.41. The SMILES string of the molecule is CC(=O)Nc1ccc(CN=C(N)N2CCN(c3ncccn3)CC2)cn1. The van der Waals surface area contributed by atoms with Crippen LogP contribution >= 0.6 is 0 Å². The van der Waals surface area contributed by atoms with Gasteiger partial charge in [0, 0.05) is 51.7 Å². The molecular weight excluding hydrogens is 332 g/mol. The fourth-order valence-electron chi connectivity index (χ4n) is 2.63. The Balaban J connectivity index is 1.51. The monoisotopic (exact) mass is 354 g/mol. The Kier molecular flexibility index (Phi) is 5.57. The van der Waals surface area contributed by atoms with E-state index in [1.165, 1.54) is 6.92 Å². The molecule has 0 aromatic carbocycles. The Bertz CT molecular complexity index is 754. The molecule has 1 fully saturated rings. The predicted octanol–water partition coefficient (Wildman–Crippen LogP) is 0.467. The molecule has 1 aliphatic rings. The molecule has 2 aromatic heterocycles. The van der Waals surface area contributed by atoms with Crippen LogP contribution in [0.5, 0.6) is 0 Å². The van der Waals surface area contributed by atoms with Crippen LogP contribution in [-0.2, 0) is 11.3 Å². The highest BCUT2D eigenvalue weighted by atomic mass is 16.1. The first kappa shape index (κ1) is 17.6. The van der Waals surface area contributed by atoms with E-state index >= 15 is 0 Å². The Morgan fingerprint density at radius 3 is 2.54 bits per heavy atom. The van der Waals surface area contributed by atoms with Crippen molar-refractivity contribution in [2.45, 2.75) is 13.5 Å². The summed E-state index contributed by atoms with van der Waals surface area (Å²) >= 11 is 0. The van der Waals surface area contributed by atoms with E-state index in [9.17, 15) is 4.79 Å². The highest BCUT2D eigenvalue weighted by Gasteiger charge is 2.19. The molecule has 0 atom stereocenters. The summed E-state index contributed by atoms with van der Waals surface area (Å²) in [7, 11) is 0. The van der Waals surface area contributed by atoms with Crippen LogP contribution < -0.4 is 16.0 Å². The van der Waals surface area contributed by atoms with Crippen LogP contribution in [0.3, 0.4) is 0 Å². The van der Waals surface area contributed by atoms with Crippen LogP contribution in [0.2, 0.25) is 0 Å². The Hall–Kier alpha value is -3.23. The molecule has 0 spiro atoms. The van der Waals surface area contributed by atoms with Crippen molar-refractivity contribution in [2.75, 3.05) is 36.4 Å². The standard InChI is InChI=1S/C17H22N8O/c1-13(26)23-15-4-3-14(11-21-15)12-22-16(18)24-7-9-25(10-8-24)17-19-5-2-6-20-17/h2-6,11H,7-10,12H2,1H3,(H2,18,22)(H,21,23,26). The van der Waals surface area contributed by atoms with Crippen LogP contribution in [0.15, 0.2) is 41.8 Å². The van der Waals surface area contributed by atoms with E-state index in [2.05, 4.69) is 35.1 Å². The number of piperazine rings is 1. The van der Waals surface area contributed by atoms with Gasteiger partial charge in [-0.2, -0.15) is 0 Å². The van der Waals surface area contributed by atoms with Gasteiger partial charge in [-0.25, -0.2) is 19.9 Å². The van der Waals surface area contributed by atoms with Gasteiger partial charge in [0.25, 0.3) is 0 Å². The number of aliphatic imine (C=N–C) groups is 1. The number of carbonyl (C=O) groups is 1. The van der Waals surface area contributed by atoms with E-state index in [1.807, 2.05) is 12.1 Å². The zero-order valence-corrected chi connectivity index (χ0v) is 14.7. The summed E-state index contributed by atoms with van der Waals surface area (Å²) in [5, 5.41) is 2.63. The lowest BCUT2D eigenvalue weighted by atomic mass is 10.3. The number of nitrogens with two attached hydrogens (primary N) is 1. The summed E-state index contributed by atoms with van der Waals surface area (Å²) in [6, 6.07) is 5.43. The maximum absolute atomic E-state index is 11.0. The lowest BCUT2D eigenvalue weighted by Gasteiger charge is -2.35. The summed E-state index contributed by atoms with van der Waals surface area (Å²) in [6.45, 7) is 5.03. The minimum atomic E-state index is -0.146. The first-order valence-corrected chi connectivity index (χ1v) is 8.41. The number of anilines is 2. The number of carbonyl (C=O) groups excluding carboxylic acids is 1. The fourth-order valence-corrected chi connectivity index (χ4v) is 2.63. The number of hydrogen-bond donors (Lipinski definition) is 2. The van der Waals surface area contributed by atoms with Gasteiger partial charge in [-0.3, -0.25) is 4.79 Å². The van der Waals surface area contributed by atoms with E-state index in [1.54, 1.807) is 24.7 Å².